The minimum absolute atomic E-state index is 1.22. The van der Waals surface area contributed by atoms with Gasteiger partial charge < -0.3 is 0 Å². The summed E-state index contributed by atoms with van der Waals surface area (Å²) in [5.41, 5.74) is 25.3. The SMILES string of the molecule is c1ccc(-c2ccc3c4c(cccc24)-c2c-3c(-c3ccccc3)c3ccc4c(ccc5c(-c6ccccc6)c6c(c(-c7ccccc7)c54)-c4cccc5c(-c7ccccc7)ccc-6c45)c3c2-c2ccccc2)cc1. The van der Waals surface area contributed by atoms with E-state index in [-0.39, 0.29) is 0 Å². The van der Waals surface area contributed by atoms with Crippen LogP contribution < -0.4 is 0 Å². The van der Waals surface area contributed by atoms with Gasteiger partial charge in [0.1, 0.15) is 0 Å². The summed E-state index contributed by atoms with van der Waals surface area (Å²) in [6, 6.07) is 99.9. The summed E-state index contributed by atoms with van der Waals surface area (Å²) in [4.78, 5) is 0. The van der Waals surface area contributed by atoms with E-state index in [1.165, 1.54) is 165 Å². The lowest BCUT2D eigenvalue weighted by Crippen LogP contribution is -1.97. The van der Waals surface area contributed by atoms with Crippen molar-refractivity contribution in [3.05, 3.63) is 267 Å². The number of fused-ring (bicyclic) bond motifs is 11. The Balaban J connectivity index is 1.11. The van der Waals surface area contributed by atoms with Gasteiger partial charge in [-0.15, -0.1) is 0 Å². The summed E-state index contributed by atoms with van der Waals surface area (Å²) in [7, 11) is 0. The van der Waals surface area contributed by atoms with Crippen LogP contribution in [0.5, 0.6) is 0 Å². The highest BCUT2D eigenvalue weighted by molar-refractivity contribution is 6.37. The van der Waals surface area contributed by atoms with Crippen LogP contribution in [-0.4, -0.2) is 0 Å². The molecule has 2 aliphatic rings. The molecule has 0 fully saturated rings. The molecule has 0 bridgehead atoms. The molecular weight excluding hydrogens is 889 g/mol. The molecule has 74 heavy (non-hydrogen) atoms. The summed E-state index contributed by atoms with van der Waals surface area (Å²) < 4.78 is 0. The van der Waals surface area contributed by atoms with Crippen LogP contribution in [0.4, 0.5) is 0 Å². The minimum atomic E-state index is 1.22. The van der Waals surface area contributed by atoms with Gasteiger partial charge in [0.15, 0.2) is 0 Å². The third-order valence-electron chi connectivity index (χ3n) is 16.3. The van der Waals surface area contributed by atoms with Gasteiger partial charge in [0.2, 0.25) is 0 Å². The van der Waals surface area contributed by atoms with Gasteiger partial charge in [-0.25, -0.2) is 0 Å². The smallest absolute Gasteiger partial charge is 0.000719 e. The Hall–Kier alpha value is -9.62. The van der Waals surface area contributed by atoms with Crippen molar-refractivity contribution in [2.75, 3.05) is 0 Å². The Morgan fingerprint density at radius 3 is 0.743 bits per heavy atom. The first kappa shape index (κ1) is 41.0. The molecule has 0 N–H and O–H groups in total. The van der Waals surface area contributed by atoms with E-state index in [2.05, 4.69) is 267 Å². The molecule has 0 heterocycles. The van der Waals surface area contributed by atoms with Gasteiger partial charge in [0.25, 0.3) is 0 Å². The van der Waals surface area contributed by atoms with Gasteiger partial charge in [0.05, 0.1) is 0 Å². The molecule has 0 heteroatoms. The molecule has 0 saturated heterocycles. The molecule has 0 aromatic heterocycles. The number of hydrogen-bond acceptors (Lipinski definition) is 0. The number of benzene rings is 14. The average molecular weight is 933 g/mol. The van der Waals surface area contributed by atoms with Crippen molar-refractivity contribution in [3.63, 3.8) is 0 Å². The number of rotatable bonds is 6. The van der Waals surface area contributed by atoms with E-state index in [4.69, 9.17) is 0 Å². The van der Waals surface area contributed by atoms with Gasteiger partial charge in [-0.2, -0.15) is 0 Å². The first-order valence-electron chi connectivity index (χ1n) is 25.8. The normalized spacial score (nSPS) is 12.1. The van der Waals surface area contributed by atoms with Crippen molar-refractivity contribution in [2.45, 2.75) is 0 Å². The van der Waals surface area contributed by atoms with Crippen LogP contribution in [0.15, 0.2) is 267 Å². The van der Waals surface area contributed by atoms with Crippen LogP contribution >= 0.6 is 0 Å². The first-order chi connectivity index (χ1) is 36.8. The summed E-state index contributed by atoms with van der Waals surface area (Å²) in [6.45, 7) is 0. The van der Waals surface area contributed by atoms with Crippen molar-refractivity contribution in [2.24, 2.45) is 0 Å². The standard InChI is InChI=1S/C74H44/c1-7-21-45(22-8-1)51-37-41-61-67-53(51)33-19-35-57(67)73-65(49-29-15-5-16-30-49)69-55-40-44-60-64(48-27-13-4-14-28-48)72-62-42-38-52(46-23-9-2-10-24-46)54-34-20-36-58(68(54)62)74(72)66(50-31-17-6-18-32-50)70(60)56(55)39-43-59(69)63(71(61)73)47-25-11-3-12-26-47/h1-44H. The molecule has 0 aliphatic heterocycles. The van der Waals surface area contributed by atoms with E-state index in [1.54, 1.807) is 0 Å². The Bertz CT molecular complexity index is 4330. The fourth-order valence-electron chi connectivity index (χ4n) is 13.4. The summed E-state index contributed by atoms with van der Waals surface area (Å²) in [5, 5.41) is 12.8. The molecule has 2 aliphatic carbocycles. The first-order valence-corrected chi connectivity index (χ1v) is 25.8. The highest BCUT2D eigenvalue weighted by Crippen LogP contribution is 2.62. The quantitative estimate of drug-likeness (QED) is 0.146. The Labute approximate surface area is 429 Å². The highest BCUT2D eigenvalue weighted by atomic mass is 14.4. The molecule has 0 radical (unpaired) electrons. The molecule has 0 atom stereocenters. The molecular formula is C74H44. The minimum Gasteiger partial charge on any atom is -0.0622 e. The summed E-state index contributed by atoms with van der Waals surface area (Å²) in [5.74, 6) is 0. The van der Waals surface area contributed by atoms with Crippen molar-refractivity contribution in [3.8, 4) is 111 Å². The third-order valence-corrected chi connectivity index (χ3v) is 16.3. The number of hydrogen-bond donors (Lipinski definition) is 0. The largest absolute Gasteiger partial charge is 0.0622 e. The topological polar surface area (TPSA) is 0 Å². The molecule has 16 rings (SSSR count). The second-order valence-electron chi connectivity index (χ2n) is 20.0. The monoisotopic (exact) mass is 932 g/mol. The van der Waals surface area contributed by atoms with E-state index < -0.39 is 0 Å². The summed E-state index contributed by atoms with van der Waals surface area (Å²) in [6.07, 6.45) is 0. The molecule has 0 saturated carbocycles. The van der Waals surface area contributed by atoms with Crippen LogP contribution in [0, 0.1) is 0 Å². The van der Waals surface area contributed by atoms with Crippen molar-refractivity contribution < 1.29 is 0 Å². The maximum absolute atomic E-state index is 2.47. The van der Waals surface area contributed by atoms with Crippen molar-refractivity contribution >= 4 is 53.9 Å². The van der Waals surface area contributed by atoms with E-state index >= 15 is 0 Å². The molecule has 14 aromatic rings. The van der Waals surface area contributed by atoms with Gasteiger partial charge in [-0.3, -0.25) is 0 Å². The van der Waals surface area contributed by atoms with E-state index in [9.17, 15) is 0 Å². The van der Waals surface area contributed by atoms with Crippen molar-refractivity contribution in [1.29, 1.82) is 0 Å². The van der Waals surface area contributed by atoms with Crippen LogP contribution in [0.25, 0.3) is 165 Å². The highest BCUT2D eigenvalue weighted by Gasteiger charge is 2.35. The molecule has 0 spiro atoms. The molecule has 0 unspecified atom stereocenters. The molecule has 14 aromatic carbocycles. The Kier molecular flexibility index (Phi) is 8.84. The Morgan fingerprint density at radius 1 is 0.122 bits per heavy atom. The van der Waals surface area contributed by atoms with Gasteiger partial charge >= 0.3 is 0 Å². The van der Waals surface area contributed by atoms with E-state index in [0.29, 0.717) is 0 Å². The molecule has 0 nitrogen and oxygen atoms in total. The lowest BCUT2D eigenvalue weighted by molar-refractivity contribution is 1.62. The summed E-state index contributed by atoms with van der Waals surface area (Å²) >= 11 is 0. The average Bonchev–Trinajstić information content (AvgIpc) is 3.99. The van der Waals surface area contributed by atoms with Crippen LogP contribution in [-0.2, 0) is 0 Å². The zero-order valence-electron chi connectivity index (χ0n) is 40.4. The second-order valence-corrected chi connectivity index (χ2v) is 20.0. The fourth-order valence-corrected chi connectivity index (χ4v) is 13.4. The van der Waals surface area contributed by atoms with E-state index in [1.807, 2.05) is 0 Å². The van der Waals surface area contributed by atoms with Crippen LogP contribution in [0.3, 0.4) is 0 Å². The van der Waals surface area contributed by atoms with Crippen LogP contribution in [0.2, 0.25) is 0 Å². The van der Waals surface area contributed by atoms with Crippen LogP contribution in [0.1, 0.15) is 0 Å². The third kappa shape index (κ3) is 5.74. The maximum Gasteiger partial charge on any atom is -0.000719 e. The predicted molar refractivity (Wildman–Crippen MR) is 315 cm³/mol. The zero-order chi connectivity index (χ0) is 48.4. The lowest BCUT2D eigenvalue weighted by Gasteiger charge is -2.24. The molecule has 340 valence electrons. The van der Waals surface area contributed by atoms with Gasteiger partial charge in [0, 0.05) is 0 Å². The molecule has 0 amide bonds. The predicted octanol–water partition coefficient (Wildman–Crippen LogP) is 20.7. The van der Waals surface area contributed by atoms with E-state index in [0.717, 1.165) is 0 Å². The fraction of sp³-hybridized carbons (Fsp3) is 0. The zero-order valence-corrected chi connectivity index (χ0v) is 40.4. The lowest BCUT2D eigenvalue weighted by atomic mass is 9.78. The van der Waals surface area contributed by atoms with Crippen molar-refractivity contribution in [1.82, 2.24) is 0 Å². The maximum atomic E-state index is 2.47. The second kappa shape index (κ2) is 15.9. The van der Waals surface area contributed by atoms with Gasteiger partial charge in [-0.05, 0) is 165 Å². The van der Waals surface area contributed by atoms with Gasteiger partial charge in [-0.1, -0.05) is 267 Å². The Morgan fingerprint density at radius 2 is 0.392 bits per heavy atom.